The molecule has 0 saturated carbocycles. The minimum Gasteiger partial charge on any atom is -0.372 e. The molecule has 0 spiro atoms. The Bertz CT molecular complexity index is 844. The topological polar surface area (TPSA) is 40.6 Å². The summed E-state index contributed by atoms with van der Waals surface area (Å²) in [6, 6.07) is 16.8. The van der Waals surface area contributed by atoms with Crippen molar-refractivity contribution in [1.82, 2.24) is 0 Å². The molecule has 0 bridgehead atoms. The molecule has 2 saturated heterocycles. The van der Waals surface area contributed by atoms with Gasteiger partial charge >= 0.3 is 0 Å². The Kier molecular flexibility index (Phi) is 6.43. The molecule has 2 heterocycles. The summed E-state index contributed by atoms with van der Waals surface area (Å²) in [4.78, 5) is 4.79. The van der Waals surface area contributed by atoms with Crippen LogP contribution < -0.4 is 9.80 Å². The monoisotopic (exact) mass is 412 g/mol. The van der Waals surface area contributed by atoms with Crippen LogP contribution in [-0.4, -0.2) is 46.1 Å². The van der Waals surface area contributed by atoms with Crippen molar-refractivity contribution >= 4 is 21.2 Å². The van der Waals surface area contributed by atoms with Crippen LogP contribution in [0.2, 0.25) is 0 Å². The van der Waals surface area contributed by atoms with Crippen LogP contribution in [0.1, 0.15) is 36.8 Å². The highest BCUT2D eigenvalue weighted by molar-refractivity contribution is 7.91. The predicted octanol–water partition coefficient (Wildman–Crippen LogP) is 4.09. The molecule has 2 aliphatic heterocycles. The Hall–Kier alpha value is -2.01. The highest BCUT2D eigenvalue weighted by Crippen LogP contribution is 2.23. The average Bonchev–Trinajstić information content (AvgIpc) is 3.46. The van der Waals surface area contributed by atoms with E-state index in [0.29, 0.717) is 12.8 Å². The fourth-order valence-electron chi connectivity index (χ4n) is 4.42. The zero-order valence-electron chi connectivity index (χ0n) is 17.2. The van der Waals surface area contributed by atoms with Gasteiger partial charge in [-0.15, -0.1) is 0 Å². The molecule has 0 amide bonds. The summed E-state index contributed by atoms with van der Waals surface area (Å²) in [5, 5.41) is 0. The summed E-state index contributed by atoms with van der Waals surface area (Å²) in [6.07, 6.45) is 6.18. The second-order valence-electron chi connectivity index (χ2n) is 8.38. The Morgan fingerprint density at radius 2 is 1.07 bits per heavy atom. The van der Waals surface area contributed by atoms with Crippen molar-refractivity contribution in [1.29, 1.82) is 0 Å². The average molecular weight is 413 g/mol. The molecule has 5 heteroatoms. The van der Waals surface area contributed by atoms with Gasteiger partial charge < -0.3 is 9.80 Å². The van der Waals surface area contributed by atoms with Crippen LogP contribution in [0, 0.1) is 0 Å². The van der Waals surface area contributed by atoms with E-state index in [1.807, 2.05) is 0 Å². The van der Waals surface area contributed by atoms with Crippen LogP contribution in [0.3, 0.4) is 0 Å². The maximum absolute atomic E-state index is 12.6. The number of nitrogens with zero attached hydrogens (tertiary/aromatic N) is 2. The summed E-state index contributed by atoms with van der Waals surface area (Å²) < 4.78 is 25.3. The van der Waals surface area contributed by atoms with Crippen LogP contribution in [0.4, 0.5) is 11.4 Å². The lowest BCUT2D eigenvalue weighted by atomic mass is 10.1. The maximum Gasteiger partial charge on any atom is 0.150 e. The van der Waals surface area contributed by atoms with Gasteiger partial charge in [0.05, 0.1) is 11.5 Å². The van der Waals surface area contributed by atoms with E-state index in [-0.39, 0.29) is 11.5 Å². The third kappa shape index (κ3) is 5.53. The van der Waals surface area contributed by atoms with Crippen LogP contribution in [0.25, 0.3) is 0 Å². The van der Waals surface area contributed by atoms with Gasteiger partial charge in [-0.3, -0.25) is 0 Å². The molecule has 0 aliphatic carbocycles. The first kappa shape index (κ1) is 20.3. The fourth-order valence-corrected chi connectivity index (χ4v) is 5.71. The summed E-state index contributed by atoms with van der Waals surface area (Å²) in [7, 11) is -3.07. The predicted molar refractivity (Wildman–Crippen MR) is 122 cm³/mol. The minimum absolute atomic E-state index is 0.224. The third-order valence-corrected chi connectivity index (χ3v) is 7.82. The molecule has 0 unspecified atom stereocenters. The van der Waals surface area contributed by atoms with E-state index in [2.05, 4.69) is 58.3 Å². The van der Waals surface area contributed by atoms with Gasteiger partial charge in [-0.25, -0.2) is 8.42 Å². The first-order valence-electron chi connectivity index (χ1n) is 11.0. The van der Waals surface area contributed by atoms with E-state index < -0.39 is 9.84 Å². The first-order chi connectivity index (χ1) is 14.1. The lowest BCUT2D eigenvalue weighted by molar-refractivity contribution is 0.594. The van der Waals surface area contributed by atoms with E-state index in [1.165, 1.54) is 37.1 Å². The molecule has 2 fully saturated rings. The molecule has 29 heavy (non-hydrogen) atoms. The van der Waals surface area contributed by atoms with Crippen molar-refractivity contribution in [3.05, 3.63) is 59.7 Å². The lowest BCUT2D eigenvalue weighted by Gasteiger charge is -2.18. The highest BCUT2D eigenvalue weighted by Gasteiger charge is 2.16. The van der Waals surface area contributed by atoms with Crippen molar-refractivity contribution in [2.75, 3.05) is 47.5 Å². The molecule has 2 aliphatic rings. The zero-order chi connectivity index (χ0) is 20.1. The lowest BCUT2D eigenvalue weighted by Crippen LogP contribution is -2.18. The van der Waals surface area contributed by atoms with E-state index >= 15 is 0 Å². The SMILES string of the molecule is O=S(=O)(CCc1cccc(N2CCCC2)c1)CCc1cccc(N2CCCC2)c1. The van der Waals surface area contributed by atoms with Crippen LogP contribution in [0.5, 0.6) is 0 Å². The van der Waals surface area contributed by atoms with Crippen molar-refractivity contribution in [3.8, 4) is 0 Å². The molecule has 156 valence electrons. The van der Waals surface area contributed by atoms with Crippen LogP contribution in [-0.2, 0) is 22.7 Å². The zero-order valence-corrected chi connectivity index (χ0v) is 18.0. The van der Waals surface area contributed by atoms with E-state index in [9.17, 15) is 8.42 Å². The van der Waals surface area contributed by atoms with Gasteiger partial charge in [0.25, 0.3) is 0 Å². The Labute approximate surface area is 175 Å². The van der Waals surface area contributed by atoms with Crippen molar-refractivity contribution in [3.63, 3.8) is 0 Å². The van der Waals surface area contributed by atoms with Gasteiger partial charge in [0.1, 0.15) is 0 Å². The normalized spacial score (nSPS) is 17.2. The number of sulfone groups is 1. The van der Waals surface area contributed by atoms with Gasteiger partial charge in [-0.1, -0.05) is 24.3 Å². The molecule has 4 rings (SSSR count). The molecule has 0 atom stereocenters. The largest absolute Gasteiger partial charge is 0.372 e. The summed E-state index contributed by atoms with van der Waals surface area (Å²) in [6.45, 7) is 4.44. The second-order valence-corrected chi connectivity index (χ2v) is 10.7. The number of rotatable bonds is 8. The number of aryl methyl sites for hydroxylation is 2. The highest BCUT2D eigenvalue weighted by atomic mass is 32.2. The molecule has 0 N–H and O–H groups in total. The molecular weight excluding hydrogens is 380 g/mol. The van der Waals surface area contributed by atoms with Crippen molar-refractivity contribution in [2.24, 2.45) is 0 Å². The number of anilines is 2. The van der Waals surface area contributed by atoms with Crippen LogP contribution in [0.15, 0.2) is 48.5 Å². The minimum atomic E-state index is -3.07. The molecular formula is C24H32N2O2S. The second kappa shape index (κ2) is 9.21. The standard InChI is InChI=1S/C24H32N2O2S/c27-29(28,17-11-21-7-5-9-23(19-21)25-13-1-2-14-25)18-12-22-8-6-10-24(20-22)26-15-3-4-16-26/h5-10,19-20H,1-4,11-18H2. The van der Waals surface area contributed by atoms with E-state index in [0.717, 1.165) is 37.3 Å². The first-order valence-corrected chi connectivity index (χ1v) is 12.8. The number of benzene rings is 2. The number of hydrogen-bond donors (Lipinski definition) is 0. The maximum atomic E-state index is 12.6. The quantitative estimate of drug-likeness (QED) is 0.655. The van der Waals surface area contributed by atoms with Crippen molar-refractivity contribution in [2.45, 2.75) is 38.5 Å². The number of hydrogen-bond acceptors (Lipinski definition) is 4. The van der Waals surface area contributed by atoms with Crippen LogP contribution >= 0.6 is 0 Å². The van der Waals surface area contributed by atoms with Gasteiger partial charge in [0.2, 0.25) is 0 Å². The van der Waals surface area contributed by atoms with Crippen molar-refractivity contribution < 1.29 is 8.42 Å². The molecule has 2 aromatic carbocycles. The Morgan fingerprint density at radius 1 is 0.655 bits per heavy atom. The molecule has 2 aromatic rings. The Balaban J connectivity index is 1.31. The van der Waals surface area contributed by atoms with Gasteiger partial charge in [-0.2, -0.15) is 0 Å². The van der Waals surface area contributed by atoms with Gasteiger partial charge in [-0.05, 0) is 73.9 Å². The third-order valence-electron chi connectivity index (χ3n) is 6.17. The molecule has 4 nitrogen and oxygen atoms in total. The van der Waals surface area contributed by atoms with Gasteiger partial charge in [0, 0.05) is 37.6 Å². The Morgan fingerprint density at radius 3 is 1.48 bits per heavy atom. The van der Waals surface area contributed by atoms with E-state index in [4.69, 9.17) is 0 Å². The fraction of sp³-hybridized carbons (Fsp3) is 0.500. The smallest absolute Gasteiger partial charge is 0.150 e. The van der Waals surface area contributed by atoms with Gasteiger partial charge in [0.15, 0.2) is 9.84 Å². The van der Waals surface area contributed by atoms with E-state index in [1.54, 1.807) is 0 Å². The summed E-state index contributed by atoms with van der Waals surface area (Å²) in [5.41, 5.74) is 4.70. The summed E-state index contributed by atoms with van der Waals surface area (Å²) >= 11 is 0. The summed E-state index contributed by atoms with van der Waals surface area (Å²) in [5.74, 6) is 0.449. The molecule has 0 radical (unpaired) electrons. The molecule has 0 aromatic heterocycles.